The lowest BCUT2D eigenvalue weighted by molar-refractivity contribution is 0.565. The van der Waals surface area contributed by atoms with Crippen LogP contribution in [-0.4, -0.2) is 20.0 Å². The number of hydrogen-bond acceptors (Lipinski definition) is 4. The van der Waals surface area contributed by atoms with Crippen molar-refractivity contribution in [1.82, 2.24) is 20.0 Å². The van der Waals surface area contributed by atoms with Crippen LogP contribution in [-0.2, 0) is 6.54 Å². The van der Waals surface area contributed by atoms with Crippen LogP contribution in [0.25, 0.3) is 11.5 Å². The van der Waals surface area contributed by atoms with E-state index in [1.807, 2.05) is 6.20 Å². The van der Waals surface area contributed by atoms with E-state index in [1.165, 1.54) is 31.4 Å². The molecule has 1 fully saturated rings. The molecule has 0 bridgehead atoms. The molecule has 0 atom stereocenters. The van der Waals surface area contributed by atoms with Gasteiger partial charge in [0.15, 0.2) is 0 Å². The molecule has 0 amide bonds. The van der Waals surface area contributed by atoms with Crippen LogP contribution in [0.4, 0.5) is 4.39 Å². The highest BCUT2D eigenvalue weighted by molar-refractivity contribution is 5.53. The third-order valence-corrected chi connectivity index (χ3v) is 3.62. The van der Waals surface area contributed by atoms with Gasteiger partial charge >= 0.3 is 0 Å². The molecule has 3 aromatic rings. The first kappa shape index (κ1) is 12.3. The Balaban J connectivity index is 1.57. The van der Waals surface area contributed by atoms with Crippen LogP contribution in [0, 0.1) is 5.82 Å². The summed E-state index contributed by atoms with van der Waals surface area (Å²) in [5.41, 5.74) is 2.20. The van der Waals surface area contributed by atoms with Crippen molar-refractivity contribution in [3.63, 3.8) is 0 Å². The molecule has 0 N–H and O–H groups in total. The summed E-state index contributed by atoms with van der Waals surface area (Å²) in [5.74, 6) is 0.669. The summed E-state index contributed by atoms with van der Waals surface area (Å²) in [6.07, 6.45) is 7.26. The van der Waals surface area contributed by atoms with E-state index in [1.54, 1.807) is 16.8 Å². The highest BCUT2D eigenvalue weighted by atomic mass is 19.1. The molecule has 2 aromatic heterocycles. The molecule has 0 unspecified atom stereocenters. The molecule has 0 radical (unpaired) electrons. The highest BCUT2D eigenvalue weighted by Crippen LogP contribution is 2.38. The number of benzene rings is 1. The second kappa shape index (κ2) is 4.80. The van der Waals surface area contributed by atoms with E-state index >= 15 is 0 Å². The van der Waals surface area contributed by atoms with Gasteiger partial charge in [0.2, 0.25) is 5.89 Å². The molecule has 21 heavy (non-hydrogen) atoms. The fourth-order valence-electron chi connectivity index (χ4n) is 2.31. The van der Waals surface area contributed by atoms with Gasteiger partial charge in [0.25, 0.3) is 0 Å². The number of halogens is 1. The van der Waals surface area contributed by atoms with Gasteiger partial charge in [-0.3, -0.25) is 0 Å². The largest absolute Gasteiger partial charge is 0.445 e. The molecule has 1 aliphatic carbocycles. The summed E-state index contributed by atoms with van der Waals surface area (Å²) in [7, 11) is 0. The topological polar surface area (TPSA) is 56.7 Å². The smallest absolute Gasteiger partial charge is 0.225 e. The molecule has 106 valence electrons. The molecule has 2 heterocycles. The maximum atomic E-state index is 14.2. The number of nitrogens with zero attached hydrogens (tertiary/aromatic N) is 4. The van der Waals surface area contributed by atoms with E-state index in [0.717, 1.165) is 5.69 Å². The van der Waals surface area contributed by atoms with E-state index in [9.17, 15) is 4.39 Å². The van der Waals surface area contributed by atoms with Gasteiger partial charge in [0.05, 0.1) is 18.4 Å². The second-order valence-corrected chi connectivity index (χ2v) is 5.26. The summed E-state index contributed by atoms with van der Waals surface area (Å²) >= 11 is 0. The molecular weight excluding hydrogens is 271 g/mol. The van der Waals surface area contributed by atoms with Crippen LogP contribution in [0.5, 0.6) is 0 Å². The fraction of sp³-hybridized carbons (Fsp3) is 0.267. The molecule has 5 nitrogen and oxygen atoms in total. The van der Waals surface area contributed by atoms with Crippen molar-refractivity contribution in [3.05, 3.63) is 53.9 Å². The standard InChI is InChI=1S/C15H13FN4O/c16-13-7-11(15-17-5-6-21-15)3-4-12(13)8-20-9-14(18-19-20)10-1-2-10/h3-7,9-10H,1-2,8H2. The Kier molecular flexibility index (Phi) is 2.80. The van der Waals surface area contributed by atoms with E-state index in [2.05, 4.69) is 15.3 Å². The van der Waals surface area contributed by atoms with Crippen molar-refractivity contribution in [3.8, 4) is 11.5 Å². The minimum Gasteiger partial charge on any atom is -0.445 e. The monoisotopic (exact) mass is 284 g/mol. The average Bonchev–Trinajstić information content (AvgIpc) is 3.01. The Morgan fingerprint density at radius 2 is 2.24 bits per heavy atom. The number of hydrogen-bond donors (Lipinski definition) is 0. The minimum absolute atomic E-state index is 0.297. The Bertz CT molecular complexity index is 762. The quantitative estimate of drug-likeness (QED) is 0.739. The van der Waals surface area contributed by atoms with Crippen molar-refractivity contribution < 1.29 is 8.81 Å². The molecule has 4 rings (SSSR count). The van der Waals surface area contributed by atoms with Crippen LogP contribution in [0.15, 0.2) is 41.3 Å². The van der Waals surface area contributed by atoms with Crippen LogP contribution in [0.3, 0.4) is 0 Å². The lowest BCUT2D eigenvalue weighted by Crippen LogP contribution is -2.03. The van der Waals surface area contributed by atoms with Gasteiger partial charge in [-0.05, 0) is 25.0 Å². The first-order chi connectivity index (χ1) is 10.3. The maximum Gasteiger partial charge on any atom is 0.225 e. The van der Waals surface area contributed by atoms with Gasteiger partial charge in [0.1, 0.15) is 12.1 Å². The van der Waals surface area contributed by atoms with E-state index in [4.69, 9.17) is 4.42 Å². The molecule has 1 saturated carbocycles. The number of aromatic nitrogens is 4. The van der Waals surface area contributed by atoms with E-state index < -0.39 is 0 Å². The first-order valence-electron chi connectivity index (χ1n) is 6.88. The zero-order valence-corrected chi connectivity index (χ0v) is 11.2. The van der Waals surface area contributed by atoms with Crippen molar-refractivity contribution in [2.45, 2.75) is 25.3 Å². The Morgan fingerprint density at radius 1 is 1.33 bits per heavy atom. The molecular formula is C15H13FN4O. The average molecular weight is 284 g/mol. The third-order valence-electron chi connectivity index (χ3n) is 3.62. The fourth-order valence-corrected chi connectivity index (χ4v) is 2.31. The molecule has 0 saturated heterocycles. The zero-order valence-electron chi connectivity index (χ0n) is 11.2. The van der Waals surface area contributed by atoms with Gasteiger partial charge in [-0.1, -0.05) is 11.3 Å². The second-order valence-electron chi connectivity index (χ2n) is 5.26. The summed E-state index contributed by atoms with van der Waals surface area (Å²) < 4.78 is 21.0. The predicted octanol–water partition coefficient (Wildman–Crippen LogP) is 3.00. The van der Waals surface area contributed by atoms with Crippen molar-refractivity contribution in [2.75, 3.05) is 0 Å². The van der Waals surface area contributed by atoms with Crippen LogP contribution < -0.4 is 0 Å². The Morgan fingerprint density at radius 3 is 2.95 bits per heavy atom. The SMILES string of the molecule is Fc1cc(-c2ncco2)ccc1Cn1cc(C2CC2)nn1. The van der Waals surface area contributed by atoms with Crippen molar-refractivity contribution in [2.24, 2.45) is 0 Å². The van der Waals surface area contributed by atoms with E-state index in [-0.39, 0.29) is 5.82 Å². The summed E-state index contributed by atoms with van der Waals surface area (Å²) in [6.45, 7) is 0.372. The third kappa shape index (κ3) is 2.44. The Hall–Kier alpha value is -2.50. The lowest BCUT2D eigenvalue weighted by atomic mass is 10.1. The van der Waals surface area contributed by atoms with Crippen LogP contribution in [0.2, 0.25) is 0 Å². The summed E-state index contributed by atoms with van der Waals surface area (Å²) in [6, 6.07) is 4.95. The number of oxazole rings is 1. The lowest BCUT2D eigenvalue weighted by Gasteiger charge is -2.04. The Labute approximate surface area is 120 Å². The normalized spacial score (nSPS) is 14.5. The van der Waals surface area contributed by atoms with Gasteiger partial charge in [-0.25, -0.2) is 14.1 Å². The van der Waals surface area contributed by atoms with Gasteiger partial charge < -0.3 is 4.42 Å². The predicted molar refractivity (Wildman–Crippen MR) is 73.0 cm³/mol. The molecule has 0 aliphatic heterocycles. The first-order valence-corrected chi connectivity index (χ1v) is 6.88. The maximum absolute atomic E-state index is 14.2. The van der Waals surface area contributed by atoms with Crippen LogP contribution >= 0.6 is 0 Å². The number of rotatable bonds is 4. The molecule has 1 aliphatic rings. The minimum atomic E-state index is -0.297. The molecule has 6 heteroatoms. The summed E-state index contributed by atoms with van der Waals surface area (Å²) in [5, 5.41) is 8.18. The zero-order chi connectivity index (χ0) is 14.2. The van der Waals surface area contributed by atoms with E-state index in [0.29, 0.717) is 29.5 Å². The van der Waals surface area contributed by atoms with Crippen molar-refractivity contribution >= 4 is 0 Å². The van der Waals surface area contributed by atoms with Gasteiger partial charge in [-0.15, -0.1) is 5.10 Å². The van der Waals surface area contributed by atoms with Crippen molar-refractivity contribution in [1.29, 1.82) is 0 Å². The summed E-state index contributed by atoms with van der Waals surface area (Å²) in [4.78, 5) is 4.01. The van der Waals surface area contributed by atoms with Gasteiger partial charge in [-0.2, -0.15) is 0 Å². The highest BCUT2D eigenvalue weighted by Gasteiger charge is 2.26. The molecule has 1 aromatic carbocycles. The van der Waals surface area contributed by atoms with Gasteiger partial charge in [0, 0.05) is 23.2 Å². The van der Waals surface area contributed by atoms with Crippen LogP contribution in [0.1, 0.15) is 30.0 Å². The molecule has 0 spiro atoms.